The van der Waals surface area contributed by atoms with Crippen LogP contribution in [0.4, 0.5) is 0 Å². The standard InChI is InChI=1S/C25H27ClN4O3.C3H8O/c26-19-4-5-22-21(15-19)20-6-8-30(16-31)24(23(20)28-22)17-2-1-3-18(14-17)25(32)27-7-9-29-10-12-33-13-11-29;1-3-4-2/h1-5,14-16,24,28H,6-13H2,(H,27,32);3H2,1-2H3. The van der Waals surface area contributed by atoms with Gasteiger partial charge >= 0.3 is 0 Å². The first-order valence-electron chi connectivity index (χ1n) is 12.7. The van der Waals surface area contributed by atoms with Crippen LogP contribution >= 0.6 is 11.6 Å². The lowest BCUT2D eigenvalue weighted by Gasteiger charge is -2.33. The normalized spacial score (nSPS) is 17.6. The number of ether oxygens (including phenoxy) is 2. The third-order valence-corrected chi connectivity index (χ3v) is 7.07. The number of morpholine rings is 1. The van der Waals surface area contributed by atoms with Crippen LogP contribution in [-0.2, 0) is 20.7 Å². The predicted molar refractivity (Wildman–Crippen MR) is 145 cm³/mol. The minimum absolute atomic E-state index is 0.109. The van der Waals surface area contributed by atoms with Gasteiger partial charge in [0.25, 0.3) is 5.91 Å². The molecule has 3 heterocycles. The number of amides is 2. The lowest BCUT2D eigenvalue weighted by molar-refractivity contribution is -0.120. The van der Waals surface area contributed by atoms with Crippen molar-refractivity contribution in [2.75, 3.05) is 59.7 Å². The highest BCUT2D eigenvalue weighted by Crippen LogP contribution is 2.38. The average Bonchev–Trinajstić information content (AvgIpc) is 3.31. The molecule has 8 nitrogen and oxygen atoms in total. The predicted octanol–water partition coefficient (Wildman–Crippen LogP) is 3.64. The molecular weight excluding hydrogens is 492 g/mol. The third-order valence-electron chi connectivity index (χ3n) is 6.83. The Hall–Kier alpha value is -2.91. The summed E-state index contributed by atoms with van der Waals surface area (Å²) in [5.74, 6) is -0.109. The summed E-state index contributed by atoms with van der Waals surface area (Å²) in [5.41, 5.74) is 4.65. The number of methoxy groups -OCH3 is 1. The van der Waals surface area contributed by atoms with Gasteiger partial charge in [-0.15, -0.1) is 0 Å². The first-order valence-corrected chi connectivity index (χ1v) is 13.1. The first-order chi connectivity index (χ1) is 18.0. The van der Waals surface area contributed by atoms with Gasteiger partial charge in [0.1, 0.15) is 0 Å². The molecule has 0 spiro atoms. The third kappa shape index (κ3) is 6.51. The summed E-state index contributed by atoms with van der Waals surface area (Å²) in [6, 6.07) is 13.1. The molecule has 9 heteroatoms. The number of aromatic nitrogens is 1. The van der Waals surface area contributed by atoms with Gasteiger partial charge in [-0.1, -0.05) is 23.7 Å². The van der Waals surface area contributed by atoms with Gasteiger partial charge in [-0.3, -0.25) is 14.5 Å². The fraction of sp³-hybridized carbons (Fsp3) is 0.429. The van der Waals surface area contributed by atoms with Gasteiger partial charge in [-0.25, -0.2) is 0 Å². The number of carbonyl (C=O) groups excluding carboxylic acids is 2. The van der Waals surface area contributed by atoms with E-state index in [0.29, 0.717) is 23.7 Å². The molecule has 2 amide bonds. The van der Waals surface area contributed by atoms with Crippen molar-refractivity contribution in [3.8, 4) is 0 Å². The van der Waals surface area contributed by atoms with Crippen LogP contribution < -0.4 is 5.32 Å². The fourth-order valence-electron chi connectivity index (χ4n) is 4.86. The van der Waals surface area contributed by atoms with E-state index in [1.807, 2.05) is 49.4 Å². The Labute approximate surface area is 222 Å². The lowest BCUT2D eigenvalue weighted by atomic mass is 9.92. The van der Waals surface area contributed by atoms with Gasteiger partial charge in [-0.2, -0.15) is 0 Å². The summed E-state index contributed by atoms with van der Waals surface area (Å²) in [4.78, 5) is 32.3. The highest BCUT2D eigenvalue weighted by Gasteiger charge is 2.31. The molecule has 3 aromatic rings. The van der Waals surface area contributed by atoms with Gasteiger partial charge in [0, 0.05) is 73.6 Å². The smallest absolute Gasteiger partial charge is 0.251 e. The average molecular weight is 527 g/mol. The number of aromatic amines is 1. The number of hydrogen-bond donors (Lipinski definition) is 2. The molecule has 0 saturated carbocycles. The zero-order valence-corrected chi connectivity index (χ0v) is 22.2. The fourth-order valence-corrected chi connectivity index (χ4v) is 5.03. The molecule has 198 valence electrons. The van der Waals surface area contributed by atoms with Crippen LogP contribution in [0.1, 0.15) is 40.1 Å². The van der Waals surface area contributed by atoms with E-state index < -0.39 is 0 Å². The molecule has 0 bridgehead atoms. The van der Waals surface area contributed by atoms with Crippen LogP contribution in [0.15, 0.2) is 42.5 Å². The summed E-state index contributed by atoms with van der Waals surface area (Å²) in [7, 11) is 1.68. The second-order valence-corrected chi connectivity index (χ2v) is 9.55. The Balaban J connectivity index is 0.000000747. The van der Waals surface area contributed by atoms with Crippen molar-refractivity contribution in [3.05, 3.63) is 69.9 Å². The van der Waals surface area contributed by atoms with Crippen molar-refractivity contribution in [1.82, 2.24) is 20.1 Å². The molecule has 2 aliphatic rings. The van der Waals surface area contributed by atoms with E-state index >= 15 is 0 Å². The van der Waals surface area contributed by atoms with E-state index in [9.17, 15) is 9.59 Å². The lowest BCUT2D eigenvalue weighted by Crippen LogP contribution is -2.41. The zero-order valence-electron chi connectivity index (χ0n) is 21.5. The van der Waals surface area contributed by atoms with E-state index in [0.717, 1.165) is 74.4 Å². The number of H-pyrrole nitrogens is 1. The maximum absolute atomic E-state index is 12.8. The second-order valence-electron chi connectivity index (χ2n) is 9.12. The van der Waals surface area contributed by atoms with Crippen LogP contribution in [0.3, 0.4) is 0 Å². The second kappa shape index (κ2) is 13.1. The Kier molecular flexibility index (Phi) is 9.57. The minimum Gasteiger partial charge on any atom is -0.385 e. The van der Waals surface area contributed by atoms with E-state index in [-0.39, 0.29) is 11.9 Å². The topological polar surface area (TPSA) is 86.9 Å². The van der Waals surface area contributed by atoms with Crippen molar-refractivity contribution >= 4 is 34.8 Å². The van der Waals surface area contributed by atoms with Crippen LogP contribution in [0.2, 0.25) is 5.02 Å². The van der Waals surface area contributed by atoms with Crippen molar-refractivity contribution in [1.29, 1.82) is 0 Å². The number of nitrogens with one attached hydrogen (secondary N) is 2. The van der Waals surface area contributed by atoms with E-state index in [2.05, 4.69) is 19.9 Å². The van der Waals surface area contributed by atoms with Gasteiger partial charge in [0.15, 0.2) is 0 Å². The van der Waals surface area contributed by atoms with E-state index in [1.165, 1.54) is 5.56 Å². The molecular formula is C28H35ClN4O4. The molecule has 37 heavy (non-hydrogen) atoms. The molecule has 0 aliphatic carbocycles. The number of halogens is 1. The van der Waals surface area contributed by atoms with Gasteiger partial charge in [-0.05, 0) is 54.8 Å². The highest BCUT2D eigenvalue weighted by atomic mass is 35.5. The number of carbonyl (C=O) groups is 2. The summed E-state index contributed by atoms with van der Waals surface area (Å²) in [6.45, 7) is 8.05. The molecule has 1 unspecified atom stereocenters. The maximum atomic E-state index is 12.8. The molecule has 2 aliphatic heterocycles. The Morgan fingerprint density at radius 2 is 2.00 bits per heavy atom. The highest BCUT2D eigenvalue weighted by molar-refractivity contribution is 6.31. The summed E-state index contributed by atoms with van der Waals surface area (Å²) >= 11 is 6.24. The molecule has 0 radical (unpaired) electrons. The quantitative estimate of drug-likeness (QED) is 0.459. The molecule has 5 rings (SSSR count). The Morgan fingerprint density at radius 3 is 2.73 bits per heavy atom. The van der Waals surface area contributed by atoms with Crippen molar-refractivity contribution < 1.29 is 19.1 Å². The number of benzene rings is 2. The van der Waals surface area contributed by atoms with E-state index in [1.54, 1.807) is 12.0 Å². The SMILES string of the molecule is CCOC.O=CN1CCc2c([nH]c3ccc(Cl)cc23)C1c1cccc(C(=O)NCCN2CCOCC2)c1. The summed E-state index contributed by atoms with van der Waals surface area (Å²) < 4.78 is 9.91. The van der Waals surface area contributed by atoms with Crippen molar-refractivity contribution in [3.63, 3.8) is 0 Å². The molecule has 1 fully saturated rings. The van der Waals surface area contributed by atoms with Crippen LogP contribution in [0, 0.1) is 0 Å². The van der Waals surface area contributed by atoms with Gasteiger partial charge in [0.05, 0.1) is 19.3 Å². The minimum atomic E-state index is -0.279. The maximum Gasteiger partial charge on any atom is 0.251 e. The van der Waals surface area contributed by atoms with E-state index in [4.69, 9.17) is 16.3 Å². The largest absolute Gasteiger partial charge is 0.385 e. The number of rotatable bonds is 7. The number of nitrogens with zero attached hydrogens (tertiary/aromatic N) is 2. The van der Waals surface area contributed by atoms with Crippen LogP contribution in [0.5, 0.6) is 0 Å². The van der Waals surface area contributed by atoms with Gasteiger partial charge in [0.2, 0.25) is 6.41 Å². The van der Waals surface area contributed by atoms with Crippen molar-refractivity contribution in [2.24, 2.45) is 0 Å². The molecule has 2 aromatic carbocycles. The molecule has 1 atom stereocenters. The first kappa shape index (κ1) is 27.1. The molecule has 2 N–H and O–H groups in total. The Morgan fingerprint density at radius 1 is 1.22 bits per heavy atom. The molecule has 1 aromatic heterocycles. The Bertz CT molecular complexity index is 1210. The van der Waals surface area contributed by atoms with Crippen LogP contribution in [-0.4, -0.2) is 86.8 Å². The van der Waals surface area contributed by atoms with Crippen molar-refractivity contribution in [2.45, 2.75) is 19.4 Å². The van der Waals surface area contributed by atoms with Gasteiger partial charge < -0.3 is 24.7 Å². The number of fused-ring (bicyclic) bond motifs is 3. The van der Waals surface area contributed by atoms with Crippen LogP contribution in [0.25, 0.3) is 10.9 Å². The zero-order chi connectivity index (χ0) is 26.2. The number of hydrogen-bond acceptors (Lipinski definition) is 5. The summed E-state index contributed by atoms with van der Waals surface area (Å²) in [6.07, 6.45) is 1.65. The summed E-state index contributed by atoms with van der Waals surface area (Å²) in [5, 5.41) is 4.80. The monoisotopic (exact) mass is 526 g/mol. The molecule has 1 saturated heterocycles.